The summed E-state index contributed by atoms with van der Waals surface area (Å²) < 4.78 is 5.46. The molecule has 0 saturated heterocycles. The molecule has 3 N–H and O–H groups in total. The molecule has 5 heteroatoms. The molecule has 1 atom stereocenters. The highest BCUT2D eigenvalue weighted by Crippen LogP contribution is 2.19. The van der Waals surface area contributed by atoms with Crippen LogP contribution in [0.1, 0.15) is 17.1 Å². The molecule has 3 aromatic rings. The van der Waals surface area contributed by atoms with Crippen LogP contribution >= 0.6 is 0 Å². The third-order valence-electron chi connectivity index (χ3n) is 3.72. The van der Waals surface area contributed by atoms with E-state index >= 15 is 0 Å². The summed E-state index contributed by atoms with van der Waals surface area (Å²) in [5.41, 5.74) is 2.01. The van der Waals surface area contributed by atoms with Gasteiger partial charge in [0.15, 0.2) is 0 Å². The molecule has 1 unspecified atom stereocenters. The number of aryl methyl sites for hydroxylation is 1. The zero-order valence-electron chi connectivity index (χ0n) is 12.3. The first-order valence-corrected chi connectivity index (χ1v) is 7.20. The van der Waals surface area contributed by atoms with E-state index in [0.717, 1.165) is 28.0 Å². The van der Waals surface area contributed by atoms with Crippen LogP contribution in [0.15, 0.2) is 47.0 Å². The van der Waals surface area contributed by atoms with Crippen LogP contribution in [-0.4, -0.2) is 22.1 Å². The second-order valence-electron chi connectivity index (χ2n) is 5.35. The van der Waals surface area contributed by atoms with Gasteiger partial charge in [0.2, 0.25) is 0 Å². The van der Waals surface area contributed by atoms with Gasteiger partial charge in [-0.2, -0.15) is 0 Å². The zero-order chi connectivity index (χ0) is 15.5. The number of rotatable bonds is 6. The Balaban J connectivity index is 1.73. The second kappa shape index (κ2) is 6.07. The summed E-state index contributed by atoms with van der Waals surface area (Å²) in [5.74, 6) is 0.691. The van der Waals surface area contributed by atoms with Gasteiger partial charge < -0.3 is 14.5 Å². The highest BCUT2D eigenvalue weighted by Gasteiger charge is 2.19. The number of carboxylic acid groups (broad SMARTS) is 1. The van der Waals surface area contributed by atoms with E-state index in [1.807, 2.05) is 49.5 Å². The molecule has 0 amide bonds. The van der Waals surface area contributed by atoms with Crippen LogP contribution in [0.2, 0.25) is 0 Å². The van der Waals surface area contributed by atoms with E-state index < -0.39 is 12.0 Å². The summed E-state index contributed by atoms with van der Waals surface area (Å²) >= 11 is 0. The van der Waals surface area contributed by atoms with Gasteiger partial charge in [0.1, 0.15) is 17.6 Å². The number of aromatic amines is 1. The van der Waals surface area contributed by atoms with Crippen molar-refractivity contribution in [2.75, 3.05) is 0 Å². The maximum atomic E-state index is 11.5. The minimum atomic E-state index is -0.867. The quantitative estimate of drug-likeness (QED) is 0.654. The lowest BCUT2D eigenvalue weighted by molar-refractivity contribution is -0.139. The molecule has 0 fully saturated rings. The van der Waals surface area contributed by atoms with Gasteiger partial charge in [0.05, 0.1) is 6.54 Å². The fourth-order valence-corrected chi connectivity index (χ4v) is 2.57. The Morgan fingerprint density at radius 2 is 2.14 bits per heavy atom. The molecule has 0 spiro atoms. The lowest BCUT2D eigenvalue weighted by atomic mass is 10.0. The molecular weight excluding hydrogens is 280 g/mol. The Hall–Kier alpha value is -2.53. The topological polar surface area (TPSA) is 78.3 Å². The number of benzene rings is 1. The molecular formula is C17H18N2O3. The van der Waals surface area contributed by atoms with Crippen LogP contribution in [0, 0.1) is 6.92 Å². The van der Waals surface area contributed by atoms with Crippen molar-refractivity contribution in [3.8, 4) is 0 Å². The van der Waals surface area contributed by atoms with Gasteiger partial charge in [-0.1, -0.05) is 18.2 Å². The Kier molecular flexibility index (Phi) is 3.98. The van der Waals surface area contributed by atoms with Crippen molar-refractivity contribution in [3.63, 3.8) is 0 Å². The number of carbonyl (C=O) groups is 1. The number of nitrogens with one attached hydrogen (secondary N) is 2. The summed E-state index contributed by atoms with van der Waals surface area (Å²) in [4.78, 5) is 14.7. The van der Waals surface area contributed by atoms with Gasteiger partial charge in [-0.15, -0.1) is 0 Å². The third kappa shape index (κ3) is 3.04. The molecule has 1 aromatic carbocycles. The van der Waals surface area contributed by atoms with Crippen LogP contribution in [-0.2, 0) is 17.8 Å². The number of aliphatic carboxylic acids is 1. The summed E-state index contributed by atoms with van der Waals surface area (Å²) in [6.45, 7) is 2.26. The van der Waals surface area contributed by atoms with Gasteiger partial charge in [0, 0.05) is 23.5 Å². The monoisotopic (exact) mass is 298 g/mol. The number of fused-ring (bicyclic) bond motifs is 1. The van der Waals surface area contributed by atoms with Gasteiger partial charge in [0.25, 0.3) is 0 Å². The number of furan rings is 1. The predicted molar refractivity (Wildman–Crippen MR) is 83.7 cm³/mol. The fourth-order valence-electron chi connectivity index (χ4n) is 2.57. The Morgan fingerprint density at radius 3 is 2.86 bits per heavy atom. The molecule has 0 aliphatic rings. The van der Waals surface area contributed by atoms with E-state index in [-0.39, 0.29) is 0 Å². The van der Waals surface area contributed by atoms with E-state index in [4.69, 9.17) is 4.42 Å². The molecule has 0 bridgehead atoms. The zero-order valence-corrected chi connectivity index (χ0v) is 12.3. The average molecular weight is 298 g/mol. The smallest absolute Gasteiger partial charge is 0.321 e. The van der Waals surface area contributed by atoms with Crippen molar-refractivity contribution < 1.29 is 14.3 Å². The number of hydrogen-bond acceptors (Lipinski definition) is 3. The van der Waals surface area contributed by atoms with Crippen molar-refractivity contribution in [2.24, 2.45) is 0 Å². The maximum absolute atomic E-state index is 11.5. The summed E-state index contributed by atoms with van der Waals surface area (Å²) in [6.07, 6.45) is 2.29. The van der Waals surface area contributed by atoms with Gasteiger partial charge >= 0.3 is 5.97 Å². The minimum absolute atomic E-state index is 0.396. The van der Waals surface area contributed by atoms with Gasteiger partial charge in [-0.3, -0.25) is 10.1 Å². The lowest BCUT2D eigenvalue weighted by Crippen LogP contribution is -2.37. The molecule has 0 radical (unpaired) electrons. The second-order valence-corrected chi connectivity index (χ2v) is 5.35. The average Bonchev–Trinajstić information content (AvgIpc) is 3.10. The van der Waals surface area contributed by atoms with Crippen LogP contribution in [0.4, 0.5) is 0 Å². The highest BCUT2D eigenvalue weighted by atomic mass is 16.4. The Morgan fingerprint density at radius 1 is 1.32 bits per heavy atom. The predicted octanol–water partition coefficient (Wildman–Crippen LogP) is 2.85. The SMILES string of the molecule is Cc1ccc(CNC(Cc2c[nH]c3ccccc23)C(=O)O)o1. The maximum Gasteiger partial charge on any atom is 0.321 e. The van der Waals surface area contributed by atoms with E-state index in [1.165, 1.54) is 0 Å². The van der Waals surface area contributed by atoms with Gasteiger partial charge in [-0.05, 0) is 30.7 Å². The summed E-state index contributed by atoms with van der Waals surface area (Å²) in [5, 5.41) is 13.5. The Labute approximate surface area is 128 Å². The number of carboxylic acids is 1. The molecule has 0 aliphatic carbocycles. The van der Waals surface area contributed by atoms with E-state index in [2.05, 4.69) is 10.3 Å². The fraction of sp³-hybridized carbons (Fsp3) is 0.235. The van der Waals surface area contributed by atoms with Gasteiger partial charge in [-0.25, -0.2) is 0 Å². The number of H-pyrrole nitrogens is 1. The molecule has 114 valence electrons. The molecule has 0 aliphatic heterocycles. The van der Waals surface area contributed by atoms with Crippen LogP contribution in [0.5, 0.6) is 0 Å². The van der Waals surface area contributed by atoms with E-state index in [9.17, 15) is 9.90 Å². The Bertz CT molecular complexity index is 788. The summed E-state index contributed by atoms with van der Waals surface area (Å²) in [6, 6.07) is 10.9. The third-order valence-corrected chi connectivity index (χ3v) is 3.72. The highest BCUT2D eigenvalue weighted by molar-refractivity contribution is 5.84. The molecule has 3 rings (SSSR count). The largest absolute Gasteiger partial charge is 0.480 e. The summed E-state index contributed by atoms with van der Waals surface area (Å²) in [7, 11) is 0. The van der Waals surface area contributed by atoms with Crippen molar-refractivity contribution >= 4 is 16.9 Å². The van der Waals surface area contributed by atoms with E-state index in [0.29, 0.717) is 13.0 Å². The first kappa shape index (κ1) is 14.4. The number of para-hydroxylation sites is 1. The van der Waals surface area contributed by atoms with Crippen LogP contribution in [0.3, 0.4) is 0 Å². The normalized spacial score (nSPS) is 12.6. The number of aromatic nitrogens is 1. The molecule has 5 nitrogen and oxygen atoms in total. The first-order chi connectivity index (χ1) is 10.6. The standard InChI is InChI=1S/C17H18N2O3/c1-11-6-7-13(22-11)10-19-16(17(20)21)8-12-9-18-15-5-3-2-4-14(12)15/h2-7,9,16,18-19H,8,10H2,1H3,(H,20,21). The van der Waals surface area contributed by atoms with Crippen molar-refractivity contribution in [1.82, 2.24) is 10.3 Å². The van der Waals surface area contributed by atoms with E-state index in [1.54, 1.807) is 0 Å². The first-order valence-electron chi connectivity index (χ1n) is 7.20. The molecule has 2 heterocycles. The molecule has 22 heavy (non-hydrogen) atoms. The van der Waals surface area contributed by atoms with Crippen molar-refractivity contribution in [3.05, 3.63) is 59.7 Å². The van der Waals surface area contributed by atoms with Crippen molar-refractivity contribution in [2.45, 2.75) is 25.9 Å². The molecule has 0 saturated carbocycles. The minimum Gasteiger partial charge on any atom is -0.480 e. The van der Waals surface area contributed by atoms with Crippen LogP contribution in [0.25, 0.3) is 10.9 Å². The number of hydrogen-bond donors (Lipinski definition) is 3. The lowest BCUT2D eigenvalue weighted by Gasteiger charge is -2.13. The van der Waals surface area contributed by atoms with Crippen molar-refractivity contribution in [1.29, 1.82) is 0 Å². The van der Waals surface area contributed by atoms with Crippen LogP contribution < -0.4 is 5.32 Å². The molecule has 2 aromatic heterocycles.